The molecule has 2 heteroatoms. The van der Waals surface area contributed by atoms with E-state index in [1.165, 1.54) is 19.3 Å². The van der Waals surface area contributed by atoms with E-state index in [4.69, 9.17) is 0 Å². The highest BCUT2D eigenvalue weighted by atomic mass is 14.9. The SMILES string of the molecule is CC1CC2C3CC4=C5B3NC3C(C)C(C1)C2C3C=C45. The topological polar surface area (TPSA) is 12.0 Å². The van der Waals surface area contributed by atoms with Gasteiger partial charge in [0, 0.05) is 6.04 Å². The number of rotatable bonds is 0. The minimum Gasteiger partial charge on any atom is -0.348 e. The fourth-order valence-electron chi connectivity index (χ4n) is 7.19. The van der Waals surface area contributed by atoms with Crippen LogP contribution in [0.1, 0.15) is 33.1 Å². The van der Waals surface area contributed by atoms with Crippen molar-refractivity contribution < 1.29 is 0 Å². The Morgan fingerprint density at radius 2 is 2.05 bits per heavy atom. The van der Waals surface area contributed by atoms with Gasteiger partial charge in [0.15, 0.2) is 0 Å². The largest absolute Gasteiger partial charge is 0.348 e. The Labute approximate surface area is 116 Å². The maximum Gasteiger partial charge on any atom is 0.259 e. The first-order valence-electron chi connectivity index (χ1n) is 8.45. The standard InChI is InChI=1S/C17H22BN/c1-7-3-9-8(2)17-13-5-10-11-6-14(12(4-7)15(9)13)18(19-17)16(10)11/h5,7-9,12-15,17,19H,3-4,6H2,1-2H3. The van der Waals surface area contributed by atoms with Gasteiger partial charge in [-0.2, -0.15) is 0 Å². The molecule has 3 aliphatic carbocycles. The van der Waals surface area contributed by atoms with Crippen molar-refractivity contribution in [2.24, 2.45) is 35.5 Å². The molecule has 98 valence electrons. The molecule has 1 nitrogen and oxygen atoms in total. The molecule has 1 saturated heterocycles. The number of hydrogen-bond donors (Lipinski definition) is 1. The number of hydrogen-bond acceptors (Lipinski definition) is 1. The third-order valence-electron chi connectivity index (χ3n) is 7.78. The van der Waals surface area contributed by atoms with Crippen LogP contribution in [0.3, 0.4) is 0 Å². The van der Waals surface area contributed by atoms with E-state index in [0.717, 1.165) is 54.2 Å². The minimum absolute atomic E-state index is 0.764. The van der Waals surface area contributed by atoms with Crippen molar-refractivity contribution in [2.45, 2.75) is 45.0 Å². The second-order valence-corrected chi connectivity index (χ2v) is 8.43. The molecule has 2 saturated carbocycles. The molecule has 1 N–H and O–H groups in total. The summed E-state index contributed by atoms with van der Waals surface area (Å²) in [5, 5.41) is 4.14. The monoisotopic (exact) mass is 251 g/mol. The molecule has 8 atom stereocenters. The molecule has 4 bridgehead atoms. The normalized spacial score (nSPS) is 59.3. The summed E-state index contributed by atoms with van der Waals surface area (Å²) < 4.78 is 0. The highest BCUT2D eigenvalue weighted by molar-refractivity contribution is 6.71. The van der Waals surface area contributed by atoms with E-state index >= 15 is 0 Å². The Morgan fingerprint density at radius 1 is 1.21 bits per heavy atom. The molecular formula is C17H22BN. The van der Waals surface area contributed by atoms with Gasteiger partial charge in [-0.25, -0.2) is 0 Å². The summed E-state index contributed by atoms with van der Waals surface area (Å²) in [5.74, 6) is 6.78. The van der Waals surface area contributed by atoms with Crippen LogP contribution in [-0.4, -0.2) is 12.9 Å². The summed E-state index contributed by atoms with van der Waals surface area (Å²) in [5.41, 5.74) is 5.29. The zero-order valence-corrected chi connectivity index (χ0v) is 11.9. The molecule has 6 rings (SSSR count). The smallest absolute Gasteiger partial charge is 0.259 e. The van der Waals surface area contributed by atoms with E-state index in [0.29, 0.717) is 0 Å². The molecule has 0 spiro atoms. The quantitative estimate of drug-likeness (QED) is 0.652. The molecule has 19 heavy (non-hydrogen) atoms. The molecular weight excluding hydrogens is 229 g/mol. The molecule has 0 aromatic rings. The predicted molar refractivity (Wildman–Crippen MR) is 77.7 cm³/mol. The van der Waals surface area contributed by atoms with Crippen molar-refractivity contribution in [3.63, 3.8) is 0 Å². The van der Waals surface area contributed by atoms with E-state index in [9.17, 15) is 0 Å². The van der Waals surface area contributed by atoms with Gasteiger partial charge in [-0.05, 0) is 71.7 Å². The van der Waals surface area contributed by atoms with E-state index in [-0.39, 0.29) is 0 Å². The van der Waals surface area contributed by atoms with Crippen molar-refractivity contribution in [2.75, 3.05) is 0 Å². The van der Waals surface area contributed by atoms with Crippen molar-refractivity contribution in [3.8, 4) is 0 Å². The van der Waals surface area contributed by atoms with Crippen molar-refractivity contribution in [3.05, 3.63) is 22.7 Å². The van der Waals surface area contributed by atoms with Crippen LogP contribution < -0.4 is 5.23 Å². The average molecular weight is 251 g/mol. The molecule has 6 aliphatic rings. The van der Waals surface area contributed by atoms with Gasteiger partial charge in [0.05, 0.1) is 0 Å². The van der Waals surface area contributed by atoms with Crippen LogP contribution >= 0.6 is 0 Å². The number of nitrogens with one attached hydrogen (secondary N) is 1. The second kappa shape index (κ2) is 2.91. The lowest BCUT2D eigenvalue weighted by atomic mass is 9.42. The Balaban J connectivity index is 1.58. The maximum absolute atomic E-state index is 4.14. The van der Waals surface area contributed by atoms with Crippen LogP contribution in [0.25, 0.3) is 0 Å². The van der Waals surface area contributed by atoms with Gasteiger partial charge in [-0.15, -0.1) is 0 Å². The molecule has 3 heterocycles. The summed E-state index contributed by atoms with van der Waals surface area (Å²) in [6, 6.07) is 0.796. The van der Waals surface area contributed by atoms with Crippen LogP contribution in [0.2, 0.25) is 5.82 Å². The third-order valence-corrected chi connectivity index (χ3v) is 7.78. The zero-order valence-electron chi connectivity index (χ0n) is 11.9. The van der Waals surface area contributed by atoms with Gasteiger partial charge >= 0.3 is 0 Å². The lowest BCUT2D eigenvalue weighted by Crippen LogP contribution is -2.49. The maximum atomic E-state index is 4.14. The molecule has 3 aliphatic heterocycles. The fraction of sp³-hybridized carbons (Fsp3) is 0.765. The van der Waals surface area contributed by atoms with Crippen molar-refractivity contribution in [1.82, 2.24) is 5.23 Å². The minimum atomic E-state index is 0.764. The summed E-state index contributed by atoms with van der Waals surface area (Å²) in [7, 11) is 0. The third kappa shape index (κ3) is 0.981. The summed E-state index contributed by atoms with van der Waals surface area (Å²) >= 11 is 0. The fourth-order valence-corrected chi connectivity index (χ4v) is 7.19. The molecule has 0 amide bonds. The van der Waals surface area contributed by atoms with Crippen LogP contribution in [0, 0.1) is 35.5 Å². The first-order chi connectivity index (χ1) is 9.24. The van der Waals surface area contributed by atoms with Gasteiger partial charge in [-0.3, -0.25) is 0 Å². The average Bonchev–Trinajstić information content (AvgIpc) is 2.87. The van der Waals surface area contributed by atoms with E-state index in [2.05, 4.69) is 25.2 Å². The zero-order chi connectivity index (χ0) is 12.5. The van der Waals surface area contributed by atoms with Gasteiger partial charge in [0.1, 0.15) is 0 Å². The van der Waals surface area contributed by atoms with Crippen LogP contribution in [-0.2, 0) is 0 Å². The summed E-state index contributed by atoms with van der Waals surface area (Å²) in [6.07, 6.45) is 7.17. The Kier molecular flexibility index (Phi) is 1.57. The lowest BCUT2D eigenvalue weighted by Gasteiger charge is -2.45. The van der Waals surface area contributed by atoms with Crippen LogP contribution in [0.5, 0.6) is 0 Å². The predicted octanol–water partition coefficient (Wildman–Crippen LogP) is 3.06. The number of allylic oxidation sites excluding steroid dienone is 3. The first-order valence-corrected chi connectivity index (χ1v) is 8.45. The van der Waals surface area contributed by atoms with Gasteiger partial charge in [0.25, 0.3) is 6.85 Å². The van der Waals surface area contributed by atoms with Crippen LogP contribution in [0.4, 0.5) is 0 Å². The Morgan fingerprint density at radius 3 is 2.95 bits per heavy atom. The molecule has 3 fully saturated rings. The Bertz CT molecular complexity index is 562. The van der Waals surface area contributed by atoms with Gasteiger partial charge in [-0.1, -0.05) is 25.4 Å². The van der Waals surface area contributed by atoms with Crippen molar-refractivity contribution >= 4 is 6.85 Å². The number of fused-ring (bicyclic) bond motifs is 2. The molecule has 0 aromatic carbocycles. The highest BCUT2D eigenvalue weighted by Crippen LogP contribution is 2.68. The summed E-state index contributed by atoms with van der Waals surface area (Å²) in [4.78, 5) is 0. The van der Waals surface area contributed by atoms with E-state index in [1.54, 1.807) is 16.6 Å². The van der Waals surface area contributed by atoms with Gasteiger partial charge in [0.2, 0.25) is 0 Å². The molecule has 8 unspecified atom stereocenters. The molecule has 0 aromatic heterocycles. The van der Waals surface area contributed by atoms with E-state index in [1.807, 2.05) is 0 Å². The lowest BCUT2D eigenvalue weighted by molar-refractivity contribution is 0.0959. The molecule has 0 radical (unpaired) electrons. The van der Waals surface area contributed by atoms with Crippen LogP contribution in [0.15, 0.2) is 22.7 Å². The first kappa shape index (κ1) is 10.3. The highest BCUT2D eigenvalue weighted by Gasteiger charge is 2.65. The van der Waals surface area contributed by atoms with Gasteiger partial charge < -0.3 is 5.23 Å². The summed E-state index contributed by atoms with van der Waals surface area (Å²) in [6.45, 7) is 5.83. The van der Waals surface area contributed by atoms with Crippen molar-refractivity contribution in [1.29, 1.82) is 0 Å². The Hall–Kier alpha value is -0.495. The second-order valence-electron chi connectivity index (χ2n) is 8.43. The van der Waals surface area contributed by atoms with E-state index < -0.39 is 0 Å².